The molecule has 3 saturated carbocycles. The molecule has 0 aromatic heterocycles. The number of carbonyl (C=O) groups excluding carboxylic acids is 2. The van der Waals surface area contributed by atoms with Gasteiger partial charge in [-0.2, -0.15) is 0 Å². The zero-order chi connectivity index (χ0) is 19.4. The number of allylic oxidation sites excluding steroid dienone is 1. The highest BCUT2D eigenvalue weighted by Crippen LogP contribution is 2.66. The molecule has 0 aromatic rings. The van der Waals surface area contributed by atoms with Crippen molar-refractivity contribution in [1.82, 2.24) is 0 Å². The summed E-state index contributed by atoms with van der Waals surface area (Å²) in [7, 11) is 0. The monoisotopic (exact) mass is 372 g/mol. The third-order valence-electron chi connectivity index (χ3n) is 8.95. The molecule has 7 unspecified atom stereocenters. The SMILES string of the molecule is CCCC(=O)OC1CCC2C3C(C)CC4=CC(=O)CCC4(C)C3CCC12C. The molecular formula is C24H36O3. The van der Waals surface area contributed by atoms with E-state index in [4.69, 9.17) is 4.74 Å². The normalized spacial score (nSPS) is 46.1. The fourth-order valence-electron chi connectivity index (χ4n) is 7.47. The highest BCUT2D eigenvalue weighted by molar-refractivity contribution is 5.91. The number of esters is 1. The minimum Gasteiger partial charge on any atom is -0.462 e. The van der Waals surface area contributed by atoms with Crippen molar-refractivity contribution in [2.75, 3.05) is 0 Å². The van der Waals surface area contributed by atoms with Gasteiger partial charge in [0.15, 0.2) is 5.78 Å². The van der Waals surface area contributed by atoms with Gasteiger partial charge >= 0.3 is 5.97 Å². The molecule has 3 heteroatoms. The summed E-state index contributed by atoms with van der Waals surface area (Å²) >= 11 is 0. The van der Waals surface area contributed by atoms with Crippen molar-refractivity contribution in [2.24, 2.45) is 34.5 Å². The van der Waals surface area contributed by atoms with Gasteiger partial charge in [-0.1, -0.05) is 33.3 Å². The van der Waals surface area contributed by atoms with E-state index in [9.17, 15) is 9.59 Å². The molecular weight excluding hydrogens is 336 g/mol. The summed E-state index contributed by atoms with van der Waals surface area (Å²) in [6, 6.07) is 0. The van der Waals surface area contributed by atoms with Crippen LogP contribution >= 0.6 is 0 Å². The second kappa shape index (κ2) is 6.74. The Bertz CT molecular complexity index is 665. The third-order valence-corrected chi connectivity index (χ3v) is 8.95. The van der Waals surface area contributed by atoms with Crippen LogP contribution < -0.4 is 0 Å². The summed E-state index contributed by atoms with van der Waals surface area (Å²) in [6.45, 7) is 9.27. The maximum Gasteiger partial charge on any atom is 0.306 e. The highest BCUT2D eigenvalue weighted by Gasteiger charge is 2.61. The number of hydrogen-bond donors (Lipinski definition) is 0. The van der Waals surface area contributed by atoms with E-state index in [0.29, 0.717) is 35.9 Å². The van der Waals surface area contributed by atoms with E-state index in [2.05, 4.69) is 20.8 Å². The van der Waals surface area contributed by atoms with Crippen molar-refractivity contribution in [3.05, 3.63) is 11.6 Å². The molecule has 7 atom stereocenters. The zero-order valence-corrected chi connectivity index (χ0v) is 17.6. The fraction of sp³-hybridized carbons (Fsp3) is 0.833. The van der Waals surface area contributed by atoms with Gasteiger partial charge in [0, 0.05) is 18.3 Å². The topological polar surface area (TPSA) is 43.4 Å². The molecule has 4 aliphatic rings. The number of ketones is 1. The van der Waals surface area contributed by atoms with E-state index in [1.165, 1.54) is 18.4 Å². The minimum absolute atomic E-state index is 0.00818. The molecule has 3 fully saturated rings. The van der Waals surface area contributed by atoms with E-state index in [1.54, 1.807) is 0 Å². The van der Waals surface area contributed by atoms with E-state index >= 15 is 0 Å². The van der Waals surface area contributed by atoms with Crippen LogP contribution in [0.15, 0.2) is 11.6 Å². The third kappa shape index (κ3) is 2.91. The van der Waals surface area contributed by atoms with Gasteiger partial charge in [0.05, 0.1) is 0 Å². The molecule has 0 N–H and O–H groups in total. The number of rotatable bonds is 3. The lowest BCUT2D eigenvalue weighted by Gasteiger charge is -2.59. The van der Waals surface area contributed by atoms with Gasteiger partial charge in [-0.05, 0) is 80.1 Å². The van der Waals surface area contributed by atoms with Crippen LogP contribution in [0.1, 0.15) is 85.5 Å². The molecule has 27 heavy (non-hydrogen) atoms. The first-order valence-corrected chi connectivity index (χ1v) is 11.2. The summed E-state index contributed by atoms with van der Waals surface area (Å²) in [5.41, 5.74) is 1.78. The van der Waals surface area contributed by atoms with E-state index in [0.717, 1.165) is 38.5 Å². The first-order valence-electron chi connectivity index (χ1n) is 11.2. The molecule has 0 aromatic carbocycles. The molecule has 4 aliphatic carbocycles. The second-order valence-electron chi connectivity index (χ2n) is 10.4. The van der Waals surface area contributed by atoms with Gasteiger partial charge in [-0.25, -0.2) is 0 Å². The Morgan fingerprint density at radius 2 is 1.96 bits per heavy atom. The Balaban J connectivity index is 1.60. The van der Waals surface area contributed by atoms with Crippen LogP contribution in [-0.4, -0.2) is 17.9 Å². The summed E-state index contributed by atoms with van der Waals surface area (Å²) in [6.07, 6.45) is 10.9. The Morgan fingerprint density at radius 3 is 2.70 bits per heavy atom. The standard InChI is InChI=1S/C24H36O3/c1-5-6-21(26)27-20-8-7-18-22-15(2)13-16-14-17(25)9-11-23(16,3)19(22)10-12-24(18,20)4/h14-15,18-20,22H,5-13H2,1-4H3. The summed E-state index contributed by atoms with van der Waals surface area (Å²) in [5.74, 6) is 2.98. The molecule has 0 spiro atoms. The van der Waals surface area contributed by atoms with E-state index in [1.807, 2.05) is 13.0 Å². The van der Waals surface area contributed by atoms with Crippen LogP contribution in [-0.2, 0) is 14.3 Å². The van der Waals surface area contributed by atoms with Crippen LogP contribution in [0.3, 0.4) is 0 Å². The van der Waals surface area contributed by atoms with Crippen molar-refractivity contribution in [2.45, 2.75) is 91.6 Å². The lowest BCUT2D eigenvalue weighted by molar-refractivity contribution is -0.161. The van der Waals surface area contributed by atoms with Crippen molar-refractivity contribution in [3.63, 3.8) is 0 Å². The van der Waals surface area contributed by atoms with Gasteiger partial charge in [0.25, 0.3) is 0 Å². The molecule has 150 valence electrons. The molecule has 0 heterocycles. The highest BCUT2D eigenvalue weighted by atomic mass is 16.5. The van der Waals surface area contributed by atoms with E-state index < -0.39 is 0 Å². The van der Waals surface area contributed by atoms with Crippen LogP contribution in [0.5, 0.6) is 0 Å². The average molecular weight is 373 g/mol. The van der Waals surface area contributed by atoms with Gasteiger partial charge in [-0.15, -0.1) is 0 Å². The summed E-state index contributed by atoms with van der Waals surface area (Å²) in [5, 5.41) is 0. The van der Waals surface area contributed by atoms with Crippen LogP contribution in [0.2, 0.25) is 0 Å². The van der Waals surface area contributed by atoms with Gasteiger partial charge < -0.3 is 4.74 Å². The van der Waals surface area contributed by atoms with Crippen LogP contribution in [0.4, 0.5) is 0 Å². The Labute approximate surface area is 164 Å². The number of hydrogen-bond acceptors (Lipinski definition) is 3. The van der Waals surface area contributed by atoms with Gasteiger partial charge in [0.2, 0.25) is 0 Å². The van der Waals surface area contributed by atoms with Crippen molar-refractivity contribution in [3.8, 4) is 0 Å². The summed E-state index contributed by atoms with van der Waals surface area (Å²) in [4.78, 5) is 24.2. The molecule has 0 saturated heterocycles. The summed E-state index contributed by atoms with van der Waals surface area (Å²) < 4.78 is 5.99. The lowest BCUT2D eigenvalue weighted by atomic mass is 9.45. The van der Waals surface area contributed by atoms with Gasteiger partial charge in [-0.3, -0.25) is 9.59 Å². The average Bonchev–Trinajstić information content (AvgIpc) is 2.93. The van der Waals surface area contributed by atoms with Crippen molar-refractivity contribution in [1.29, 1.82) is 0 Å². The Kier molecular flexibility index (Phi) is 4.79. The largest absolute Gasteiger partial charge is 0.462 e. The van der Waals surface area contributed by atoms with Crippen molar-refractivity contribution >= 4 is 11.8 Å². The van der Waals surface area contributed by atoms with Crippen LogP contribution in [0.25, 0.3) is 0 Å². The van der Waals surface area contributed by atoms with E-state index in [-0.39, 0.29) is 22.9 Å². The van der Waals surface area contributed by atoms with Crippen LogP contribution in [0, 0.1) is 34.5 Å². The minimum atomic E-state index is -0.00818. The number of ether oxygens (including phenoxy) is 1. The molecule has 3 nitrogen and oxygen atoms in total. The number of carbonyl (C=O) groups is 2. The maximum absolute atomic E-state index is 12.2. The van der Waals surface area contributed by atoms with Gasteiger partial charge in [0.1, 0.15) is 6.10 Å². The smallest absolute Gasteiger partial charge is 0.306 e. The zero-order valence-electron chi connectivity index (χ0n) is 17.6. The first-order chi connectivity index (χ1) is 12.8. The Hall–Kier alpha value is -1.12. The molecule has 0 radical (unpaired) electrons. The fourth-order valence-corrected chi connectivity index (χ4v) is 7.47. The van der Waals surface area contributed by atoms with Crippen molar-refractivity contribution < 1.29 is 14.3 Å². The maximum atomic E-state index is 12.2. The molecule has 0 aliphatic heterocycles. The quantitative estimate of drug-likeness (QED) is 0.616. The lowest BCUT2D eigenvalue weighted by Crippen LogP contribution is -2.54. The second-order valence-corrected chi connectivity index (χ2v) is 10.4. The number of fused-ring (bicyclic) bond motifs is 5. The molecule has 4 rings (SSSR count). The molecule has 0 bridgehead atoms. The first kappa shape index (κ1) is 19.2. The Morgan fingerprint density at radius 1 is 1.19 bits per heavy atom. The predicted molar refractivity (Wildman–Crippen MR) is 106 cm³/mol. The molecule has 0 amide bonds. The predicted octanol–water partition coefficient (Wildman–Crippen LogP) is 5.48.